The molecule has 0 unspecified atom stereocenters. The van der Waals surface area contributed by atoms with Gasteiger partial charge in [-0.25, -0.2) is 4.68 Å². The fourth-order valence-corrected chi connectivity index (χ4v) is 3.93. The maximum atomic E-state index is 6.38. The minimum Gasteiger partial charge on any atom is -0.373 e. The van der Waals surface area contributed by atoms with Crippen molar-refractivity contribution >= 4 is 35.0 Å². The summed E-state index contributed by atoms with van der Waals surface area (Å²) >= 11 is 12.4. The topological polar surface area (TPSA) is 55.6 Å². The van der Waals surface area contributed by atoms with Crippen LogP contribution in [0.1, 0.15) is 58.5 Å². The van der Waals surface area contributed by atoms with Gasteiger partial charge < -0.3 is 5.32 Å². The summed E-state index contributed by atoms with van der Waals surface area (Å²) in [6.45, 7) is 10.8. The zero-order chi connectivity index (χ0) is 22.6. The summed E-state index contributed by atoms with van der Waals surface area (Å²) in [5, 5.41) is 17.7. The van der Waals surface area contributed by atoms with Crippen LogP contribution in [0.2, 0.25) is 10.0 Å². The predicted molar refractivity (Wildman–Crippen MR) is 130 cm³/mol. The van der Waals surface area contributed by atoms with Crippen LogP contribution < -0.4 is 5.32 Å². The first kappa shape index (κ1) is 23.3. The zero-order valence-corrected chi connectivity index (χ0v) is 20.1. The molecule has 2 aromatic carbocycles. The average Bonchev–Trinajstić information content (AvgIpc) is 3.19. The van der Waals surface area contributed by atoms with Gasteiger partial charge in [0.15, 0.2) is 5.82 Å². The number of hydrogen-bond donors (Lipinski definition) is 1. The number of anilines is 1. The van der Waals surface area contributed by atoms with Crippen LogP contribution in [0.5, 0.6) is 0 Å². The fourth-order valence-electron chi connectivity index (χ4n) is 3.46. The van der Waals surface area contributed by atoms with E-state index in [1.165, 1.54) is 0 Å². The van der Waals surface area contributed by atoms with Crippen molar-refractivity contribution in [3.63, 3.8) is 0 Å². The van der Waals surface area contributed by atoms with Crippen LogP contribution in [-0.4, -0.2) is 20.2 Å². The summed E-state index contributed by atoms with van der Waals surface area (Å²) in [6.07, 6.45) is 4.92. The molecule has 0 spiro atoms. The number of para-hydroxylation sites is 1. The van der Waals surface area contributed by atoms with Gasteiger partial charge >= 0.3 is 0 Å². The Bertz CT molecular complexity index is 1040. The Morgan fingerprint density at radius 3 is 2.39 bits per heavy atom. The second kappa shape index (κ2) is 9.41. The van der Waals surface area contributed by atoms with E-state index in [1.54, 1.807) is 6.07 Å². The molecule has 5 nitrogen and oxygen atoms in total. The Morgan fingerprint density at radius 2 is 1.77 bits per heavy atom. The Morgan fingerprint density at radius 1 is 1.06 bits per heavy atom. The summed E-state index contributed by atoms with van der Waals surface area (Å²) in [4.78, 5) is 0. The van der Waals surface area contributed by atoms with Gasteiger partial charge in [0.2, 0.25) is 0 Å². The van der Waals surface area contributed by atoms with Crippen LogP contribution in [0.4, 0.5) is 5.69 Å². The molecule has 0 saturated heterocycles. The SMILES string of the molecule is CC[C@@](C)(Nc1ccccc1)c1nnnn1[C@H](/C=C\c1ccc(Cl)cc1Cl)C(C)(C)C. The molecule has 3 rings (SSSR count). The number of allylic oxidation sites excluding steroid dienone is 1. The van der Waals surface area contributed by atoms with E-state index in [4.69, 9.17) is 23.2 Å². The van der Waals surface area contributed by atoms with E-state index in [-0.39, 0.29) is 11.5 Å². The lowest BCUT2D eigenvalue weighted by atomic mass is 9.85. The molecule has 0 aliphatic heterocycles. The molecule has 1 heterocycles. The van der Waals surface area contributed by atoms with Crippen LogP contribution in [-0.2, 0) is 5.54 Å². The lowest BCUT2D eigenvalue weighted by Gasteiger charge is -2.34. The lowest BCUT2D eigenvalue weighted by Crippen LogP contribution is -2.37. The van der Waals surface area contributed by atoms with Crippen molar-refractivity contribution in [1.29, 1.82) is 0 Å². The van der Waals surface area contributed by atoms with Crippen LogP contribution in [0.3, 0.4) is 0 Å². The standard InChI is InChI=1S/C24H29Cl2N5/c1-6-24(5,27-19-10-8-7-9-11-19)22-28-29-30-31(22)21(23(2,3)4)15-13-17-12-14-18(25)16-20(17)26/h7-16,21,27H,6H2,1-5H3/b15-13-/t21-,24-/m1/s1. The second-order valence-corrected chi connectivity index (χ2v) is 9.80. The molecule has 1 N–H and O–H groups in total. The van der Waals surface area contributed by atoms with Gasteiger partial charge in [0.25, 0.3) is 0 Å². The smallest absolute Gasteiger partial charge is 0.177 e. The van der Waals surface area contributed by atoms with E-state index in [1.807, 2.05) is 53.2 Å². The Hall–Kier alpha value is -2.37. The largest absolute Gasteiger partial charge is 0.373 e. The van der Waals surface area contributed by atoms with Crippen molar-refractivity contribution in [3.05, 3.63) is 76.0 Å². The molecule has 0 amide bonds. The molecule has 7 heteroatoms. The maximum Gasteiger partial charge on any atom is 0.177 e. The molecule has 0 radical (unpaired) electrons. The Balaban J connectivity index is 2.00. The third-order valence-electron chi connectivity index (χ3n) is 5.46. The molecule has 0 saturated carbocycles. The van der Waals surface area contributed by atoms with Gasteiger partial charge in [-0.05, 0) is 59.0 Å². The molecule has 164 valence electrons. The number of nitrogens with zero attached hydrogens (tertiary/aromatic N) is 4. The average molecular weight is 458 g/mol. The first-order chi connectivity index (χ1) is 14.6. The Kier molecular flexibility index (Phi) is 7.07. The van der Waals surface area contributed by atoms with Gasteiger partial charge in [-0.15, -0.1) is 5.10 Å². The number of halogens is 2. The highest BCUT2D eigenvalue weighted by Crippen LogP contribution is 2.36. The van der Waals surface area contributed by atoms with Gasteiger partial charge in [-0.2, -0.15) is 0 Å². The predicted octanol–water partition coefficient (Wildman–Crippen LogP) is 7.02. The van der Waals surface area contributed by atoms with Crippen molar-refractivity contribution in [2.75, 3.05) is 5.32 Å². The number of rotatable bonds is 7. The van der Waals surface area contributed by atoms with E-state index < -0.39 is 5.54 Å². The third-order valence-corrected chi connectivity index (χ3v) is 6.02. The van der Waals surface area contributed by atoms with Gasteiger partial charge in [0.1, 0.15) is 0 Å². The molecule has 31 heavy (non-hydrogen) atoms. The molecular weight excluding hydrogens is 429 g/mol. The highest BCUT2D eigenvalue weighted by atomic mass is 35.5. The normalized spacial score (nSPS) is 15.1. The third kappa shape index (κ3) is 5.46. The first-order valence-electron chi connectivity index (χ1n) is 10.4. The van der Waals surface area contributed by atoms with Crippen molar-refractivity contribution in [2.24, 2.45) is 5.41 Å². The minimum absolute atomic E-state index is 0.0901. The monoisotopic (exact) mass is 457 g/mol. The van der Waals surface area contributed by atoms with Gasteiger partial charge in [-0.1, -0.05) is 87.3 Å². The van der Waals surface area contributed by atoms with E-state index in [0.717, 1.165) is 23.5 Å². The lowest BCUT2D eigenvalue weighted by molar-refractivity contribution is 0.255. The summed E-state index contributed by atoms with van der Waals surface area (Å²) in [5.41, 5.74) is 1.34. The van der Waals surface area contributed by atoms with Gasteiger partial charge in [0.05, 0.1) is 11.6 Å². The molecule has 0 fully saturated rings. The van der Waals surface area contributed by atoms with E-state index >= 15 is 0 Å². The quantitative estimate of drug-likeness (QED) is 0.413. The highest BCUT2D eigenvalue weighted by molar-refractivity contribution is 6.35. The van der Waals surface area contributed by atoms with Crippen molar-refractivity contribution < 1.29 is 0 Å². The molecule has 0 bridgehead atoms. The van der Waals surface area contributed by atoms with Crippen molar-refractivity contribution in [3.8, 4) is 0 Å². The second-order valence-electron chi connectivity index (χ2n) is 8.96. The summed E-state index contributed by atoms with van der Waals surface area (Å²) in [5.74, 6) is 0.783. The number of nitrogens with one attached hydrogen (secondary N) is 1. The minimum atomic E-state index is -0.444. The molecule has 3 aromatic rings. The van der Waals surface area contributed by atoms with E-state index in [0.29, 0.717) is 10.0 Å². The summed E-state index contributed by atoms with van der Waals surface area (Å²) in [7, 11) is 0. The van der Waals surface area contributed by atoms with E-state index in [9.17, 15) is 0 Å². The summed E-state index contributed by atoms with van der Waals surface area (Å²) < 4.78 is 1.92. The number of benzene rings is 2. The van der Waals surface area contributed by atoms with Crippen LogP contribution in [0, 0.1) is 5.41 Å². The molecule has 0 aliphatic carbocycles. The molecule has 2 atom stereocenters. The van der Waals surface area contributed by atoms with Gasteiger partial charge in [-0.3, -0.25) is 0 Å². The number of aromatic nitrogens is 4. The van der Waals surface area contributed by atoms with Crippen LogP contribution in [0.25, 0.3) is 6.08 Å². The van der Waals surface area contributed by atoms with Crippen molar-refractivity contribution in [1.82, 2.24) is 20.2 Å². The van der Waals surface area contributed by atoms with Gasteiger partial charge in [0, 0.05) is 15.7 Å². The summed E-state index contributed by atoms with van der Waals surface area (Å²) in [6, 6.07) is 15.5. The Labute approximate surface area is 194 Å². The van der Waals surface area contributed by atoms with Crippen molar-refractivity contribution in [2.45, 2.75) is 52.6 Å². The number of hydrogen-bond acceptors (Lipinski definition) is 4. The number of tetrazole rings is 1. The molecule has 1 aromatic heterocycles. The van der Waals surface area contributed by atoms with E-state index in [2.05, 4.69) is 61.5 Å². The maximum absolute atomic E-state index is 6.38. The first-order valence-corrected chi connectivity index (χ1v) is 11.1. The zero-order valence-electron chi connectivity index (χ0n) is 18.6. The van der Waals surface area contributed by atoms with Crippen LogP contribution >= 0.6 is 23.2 Å². The molecule has 0 aliphatic rings. The molecular formula is C24H29Cl2N5. The van der Waals surface area contributed by atoms with Crippen LogP contribution in [0.15, 0.2) is 54.6 Å². The fraction of sp³-hybridized carbons (Fsp3) is 0.375. The highest BCUT2D eigenvalue weighted by Gasteiger charge is 2.36.